The summed E-state index contributed by atoms with van der Waals surface area (Å²) >= 11 is 9.44. The van der Waals surface area contributed by atoms with Crippen LogP contribution in [0, 0.1) is 6.92 Å². The second kappa shape index (κ2) is 6.55. The Bertz CT molecular complexity index is 901. The van der Waals surface area contributed by atoms with Crippen LogP contribution >= 0.6 is 27.5 Å². The first-order chi connectivity index (χ1) is 11.2. The maximum absolute atomic E-state index is 11.6. The molecular weight excluding hydrogens is 418 g/mol. The van der Waals surface area contributed by atoms with Gasteiger partial charge in [0, 0.05) is 15.6 Å². The van der Waals surface area contributed by atoms with E-state index < -0.39 is 10.1 Å². The molecule has 2 aromatic rings. The minimum absolute atomic E-state index is 0.0733. The maximum atomic E-state index is 11.6. The van der Waals surface area contributed by atoms with Crippen LogP contribution in [0.1, 0.15) is 11.1 Å². The third-order valence-corrected chi connectivity index (χ3v) is 5.57. The van der Waals surface area contributed by atoms with Crippen LogP contribution in [0.5, 0.6) is 5.75 Å². The Balaban J connectivity index is 1.90. The lowest BCUT2D eigenvalue weighted by Gasteiger charge is -2.29. The number of aryl methyl sites for hydroxylation is 1. The molecule has 0 radical (unpaired) electrons. The Labute approximate surface area is 153 Å². The van der Waals surface area contributed by atoms with Crippen molar-refractivity contribution >= 4 is 43.3 Å². The smallest absolute Gasteiger partial charge is 0.294 e. The zero-order valence-corrected chi connectivity index (χ0v) is 15.9. The second-order valence-electron chi connectivity index (χ2n) is 5.70. The fourth-order valence-corrected chi connectivity index (χ4v) is 4.34. The van der Waals surface area contributed by atoms with Crippen LogP contribution in [0.2, 0.25) is 5.02 Å². The Morgan fingerprint density at radius 1 is 1.38 bits per heavy atom. The van der Waals surface area contributed by atoms with Gasteiger partial charge in [-0.3, -0.25) is 4.55 Å². The molecule has 0 aliphatic carbocycles. The van der Waals surface area contributed by atoms with Gasteiger partial charge in [0.15, 0.2) is 0 Å². The molecule has 0 bridgehead atoms. The maximum Gasteiger partial charge on any atom is 0.294 e. The fraction of sp³-hybridized carbons (Fsp3) is 0.250. The topological polar surface area (TPSA) is 75.6 Å². The lowest BCUT2D eigenvalue weighted by atomic mass is 10.0. The summed E-state index contributed by atoms with van der Waals surface area (Å²) in [5, 5.41) is 3.90. The lowest BCUT2D eigenvalue weighted by Crippen LogP contribution is -2.34. The molecule has 1 aliphatic heterocycles. The zero-order valence-electron chi connectivity index (χ0n) is 12.7. The molecular formula is C16H15BrClNO4S. The Morgan fingerprint density at radius 2 is 2.12 bits per heavy atom. The van der Waals surface area contributed by atoms with E-state index in [1.807, 2.05) is 6.92 Å². The quantitative estimate of drug-likeness (QED) is 0.715. The van der Waals surface area contributed by atoms with Crippen molar-refractivity contribution in [2.45, 2.75) is 24.3 Å². The van der Waals surface area contributed by atoms with Crippen molar-refractivity contribution in [3.8, 4) is 5.75 Å². The molecule has 1 unspecified atom stereocenters. The van der Waals surface area contributed by atoms with Gasteiger partial charge in [0.2, 0.25) is 0 Å². The third-order valence-electron chi connectivity index (χ3n) is 3.77. The summed E-state index contributed by atoms with van der Waals surface area (Å²) in [6.07, 6.45) is 0.394. The van der Waals surface area contributed by atoms with Gasteiger partial charge in [-0.15, -0.1) is 0 Å². The van der Waals surface area contributed by atoms with E-state index in [9.17, 15) is 13.0 Å². The van der Waals surface area contributed by atoms with Crippen LogP contribution in [0.15, 0.2) is 39.7 Å². The predicted molar refractivity (Wildman–Crippen MR) is 96.8 cm³/mol. The number of fused-ring (bicyclic) bond motifs is 1. The van der Waals surface area contributed by atoms with Crippen LogP contribution in [0.3, 0.4) is 0 Å². The molecule has 5 nitrogen and oxygen atoms in total. The number of halogens is 2. The molecule has 8 heteroatoms. The third kappa shape index (κ3) is 3.69. The average Bonchev–Trinajstić information content (AvgIpc) is 2.46. The highest BCUT2D eigenvalue weighted by Gasteiger charge is 2.24. The molecule has 0 aromatic heterocycles. The largest absolute Gasteiger partial charge is 0.489 e. The van der Waals surface area contributed by atoms with Crippen LogP contribution in [-0.2, 0) is 16.5 Å². The van der Waals surface area contributed by atoms with E-state index in [1.165, 1.54) is 6.07 Å². The van der Waals surface area contributed by atoms with E-state index in [0.717, 1.165) is 15.7 Å². The normalized spacial score (nSPS) is 16.9. The molecule has 2 N–H and O–H groups in total. The first-order valence-electron chi connectivity index (χ1n) is 7.19. The van der Waals surface area contributed by atoms with Crippen LogP contribution in [-0.4, -0.2) is 25.6 Å². The van der Waals surface area contributed by atoms with Crippen molar-refractivity contribution in [2.75, 3.05) is 11.9 Å². The summed E-state index contributed by atoms with van der Waals surface area (Å²) < 4.78 is 39.1. The first kappa shape index (κ1) is 17.5. The summed E-state index contributed by atoms with van der Waals surface area (Å²) in [7, 11) is -4.27. The monoisotopic (exact) mass is 431 g/mol. The standard InChI is InChI=1S/C16H15BrClNO4S/c1-9-2-3-15(24(20,21)22)10(4-9)5-12-8-23-14-7-11(18)6-13(17)16(14)19-12/h2-4,6-7,12,19H,5,8H2,1H3,(H,20,21,22). The average molecular weight is 433 g/mol. The van der Waals surface area contributed by atoms with Crippen molar-refractivity contribution in [1.82, 2.24) is 0 Å². The van der Waals surface area contributed by atoms with E-state index in [1.54, 1.807) is 24.3 Å². The van der Waals surface area contributed by atoms with Gasteiger partial charge >= 0.3 is 0 Å². The molecule has 1 heterocycles. The van der Waals surface area contributed by atoms with Crippen LogP contribution in [0.4, 0.5) is 5.69 Å². The number of hydrogen-bond donors (Lipinski definition) is 2. The van der Waals surface area contributed by atoms with Crippen molar-refractivity contribution in [3.05, 3.63) is 51.0 Å². The number of hydrogen-bond acceptors (Lipinski definition) is 4. The predicted octanol–water partition coefficient (Wildman–Crippen LogP) is 4.07. The molecule has 0 spiro atoms. The lowest BCUT2D eigenvalue weighted by molar-refractivity contribution is 0.283. The molecule has 3 rings (SSSR count). The molecule has 2 aromatic carbocycles. The Kier molecular flexibility index (Phi) is 4.79. The van der Waals surface area contributed by atoms with Gasteiger partial charge in [-0.25, -0.2) is 0 Å². The van der Waals surface area contributed by atoms with Gasteiger partial charge < -0.3 is 10.1 Å². The highest BCUT2D eigenvalue weighted by molar-refractivity contribution is 9.10. The molecule has 128 valence electrons. The number of ether oxygens (including phenoxy) is 1. The number of anilines is 1. The van der Waals surface area contributed by atoms with Crippen molar-refractivity contribution in [1.29, 1.82) is 0 Å². The Morgan fingerprint density at radius 3 is 2.83 bits per heavy atom. The van der Waals surface area contributed by atoms with Gasteiger partial charge in [0.25, 0.3) is 10.1 Å². The zero-order chi connectivity index (χ0) is 17.5. The molecule has 0 amide bonds. The minimum Gasteiger partial charge on any atom is -0.489 e. The van der Waals surface area contributed by atoms with Gasteiger partial charge in [-0.1, -0.05) is 29.3 Å². The number of nitrogens with one attached hydrogen (secondary N) is 1. The molecule has 0 saturated carbocycles. The van der Waals surface area contributed by atoms with E-state index in [0.29, 0.717) is 29.4 Å². The molecule has 24 heavy (non-hydrogen) atoms. The van der Waals surface area contributed by atoms with Crippen molar-refractivity contribution in [3.63, 3.8) is 0 Å². The SMILES string of the molecule is Cc1ccc(S(=O)(=O)O)c(CC2COc3cc(Cl)cc(Br)c3N2)c1. The first-order valence-corrected chi connectivity index (χ1v) is 9.80. The van der Waals surface area contributed by atoms with Crippen LogP contribution in [0.25, 0.3) is 0 Å². The number of benzene rings is 2. The Hall–Kier alpha value is -1.28. The van der Waals surface area contributed by atoms with E-state index in [4.69, 9.17) is 16.3 Å². The van der Waals surface area contributed by atoms with E-state index in [-0.39, 0.29) is 10.9 Å². The summed E-state index contributed by atoms with van der Waals surface area (Å²) in [5.74, 6) is 0.643. The van der Waals surface area contributed by atoms with Gasteiger partial charge in [-0.05, 0) is 47.0 Å². The molecule has 1 atom stereocenters. The molecule has 0 fully saturated rings. The fourth-order valence-electron chi connectivity index (χ4n) is 2.73. The van der Waals surface area contributed by atoms with Crippen LogP contribution < -0.4 is 10.1 Å². The van der Waals surface area contributed by atoms with Gasteiger partial charge in [0.1, 0.15) is 12.4 Å². The van der Waals surface area contributed by atoms with E-state index in [2.05, 4.69) is 21.2 Å². The van der Waals surface area contributed by atoms with Crippen molar-refractivity contribution in [2.24, 2.45) is 0 Å². The molecule has 1 aliphatic rings. The summed E-state index contributed by atoms with van der Waals surface area (Å²) in [6.45, 7) is 2.23. The highest BCUT2D eigenvalue weighted by Crippen LogP contribution is 2.39. The molecule has 0 saturated heterocycles. The summed E-state index contributed by atoms with van der Waals surface area (Å²) in [4.78, 5) is -0.0733. The van der Waals surface area contributed by atoms with Crippen molar-refractivity contribution < 1.29 is 17.7 Å². The minimum atomic E-state index is -4.27. The second-order valence-corrected chi connectivity index (χ2v) is 8.38. The van der Waals surface area contributed by atoms with Gasteiger partial charge in [0.05, 0.1) is 16.6 Å². The van der Waals surface area contributed by atoms with E-state index >= 15 is 0 Å². The highest BCUT2D eigenvalue weighted by atomic mass is 79.9. The van der Waals surface area contributed by atoms with Gasteiger partial charge in [-0.2, -0.15) is 8.42 Å². The summed E-state index contributed by atoms with van der Waals surface area (Å²) in [5.41, 5.74) is 2.24. The summed E-state index contributed by atoms with van der Waals surface area (Å²) in [6, 6.07) is 8.18. The number of rotatable bonds is 3.